The molecule has 1 amide bonds. The van der Waals surface area contributed by atoms with Crippen molar-refractivity contribution in [1.29, 1.82) is 0 Å². The zero-order valence-corrected chi connectivity index (χ0v) is 8.90. The van der Waals surface area contributed by atoms with Crippen molar-refractivity contribution in [3.63, 3.8) is 0 Å². The smallest absolute Gasteiger partial charge is 0.342 e. The highest BCUT2D eigenvalue weighted by atomic mass is 32.2. The fourth-order valence-electron chi connectivity index (χ4n) is 1.38. The summed E-state index contributed by atoms with van der Waals surface area (Å²) in [4.78, 5) is 12.8. The number of carbonyl (C=O) groups excluding carboxylic acids is 1. The summed E-state index contributed by atoms with van der Waals surface area (Å²) in [5.74, 6) is -0.983. The lowest BCUT2D eigenvalue weighted by Gasteiger charge is -2.30. The van der Waals surface area contributed by atoms with Crippen LogP contribution in [0.2, 0.25) is 0 Å². The molecule has 0 unspecified atom stereocenters. The molecule has 0 aromatic carbocycles. The van der Waals surface area contributed by atoms with Crippen LogP contribution in [-0.4, -0.2) is 41.2 Å². The van der Waals surface area contributed by atoms with Gasteiger partial charge in [0.25, 0.3) is 0 Å². The van der Waals surface area contributed by atoms with Crippen LogP contribution in [0.5, 0.6) is 0 Å². The number of alkyl halides is 3. The average Bonchev–Trinajstić information content (AvgIpc) is 2.14. The molecule has 1 heterocycles. The van der Waals surface area contributed by atoms with Gasteiger partial charge in [-0.05, 0) is 24.6 Å². The highest BCUT2D eigenvalue weighted by Crippen LogP contribution is 2.30. The van der Waals surface area contributed by atoms with Gasteiger partial charge in [-0.15, -0.1) is 0 Å². The van der Waals surface area contributed by atoms with E-state index >= 15 is 0 Å². The number of amides is 1. The van der Waals surface area contributed by atoms with E-state index < -0.39 is 17.2 Å². The molecule has 0 aliphatic carbocycles. The SMILES string of the molecule is NC1CCN(C(=O)CSC(F)(F)F)CC1. The van der Waals surface area contributed by atoms with Crippen molar-refractivity contribution in [3.8, 4) is 0 Å². The molecule has 1 rings (SSSR count). The molecule has 3 nitrogen and oxygen atoms in total. The number of carbonyl (C=O) groups is 1. The van der Waals surface area contributed by atoms with E-state index in [2.05, 4.69) is 0 Å². The van der Waals surface area contributed by atoms with Crippen LogP contribution < -0.4 is 5.73 Å². The van der Waals surface area contributed by atoms with E-state index in [-0.39, 0.29) is 17.8 Å². The van der Waals surface area contributed by atoms with E-state index in [0.29, 0.717) is 25.9 Å². The van der Waals surface area contributed by atoms with Crippen molar-refractivity contribution in [1.82, 2.24) is 4.90 Å². The summed E-state index contributed by atoms with van der Waals surface area (Å²) < 4.78 is 35.5. The van der Waals surface area contributed by atoms with Gasteiger partial charge in [-0.25, -0.2) is 0 Å². The molecule has 0 bridgehead atoms. The summed E-state index contributed by atoms with van der Waals surface area (Å²) in [6.45, 7) is 0.941. The molecule has 0 radical (unpaired) electrons. The Morgan fingerprint density at radius 3 is 2.40 bits per heavy atom. The Bertz CT molecular complexity index is 226. The quantitative estimate of drug-likeness (QED) is 0.791. The molecule has 2 N–H and O–H groups in total. The number of nitrogens with zero attached hydrogens (tertiary/aromatic N) is 1. The molecule has 1 saturated heterocycles. The maximum absolute atomic E-state index is 11.8. The number of hydrogen-bond acceptors (Lipinski definition) is 3. The van der Waals surface area contributed by atoms with Crippen molar-refractivity contribution in [2.45, 2.75) is 24.4 Å². The van der Waals surface area contributed by atoms with E-state index in [0.717, 1.165) is 0 Å². The molecular weight excluding hydrogens is 229 g/mol. The number of thioether (sulfide) groups is 1. The minimum Gasteiger partial charge on any atom is -0.342 e. The lowest BCUT2D eigenvalue weighted by Crippen LogP contribution is -2.43. The number of hydrogen-bond donors (Lipinski definition) is 1. The monoisotopic (exact) mass is 242 g/mol. The summed E-state index contributed by atoms with van der Waals surface area (Å²) in [7, 11) is 0. The molecule has 1 aliphatic rings. The lowest BCUT2D eigenvalue weighted by atomic mass is 10.1. The Kier molecular flexibility index (Phi) is 4.27. The predicted octanol–water partition coefficient (Wildman–Crippen LogP) is 1.19. The highest BCUT2D eigenvalue weighted by molar-refractivity contribution is 8.00. The van der Waals surface area contributed by atoms with Crippen molar-refractivity contribution in [3.05, 3.63) is 0 Å². The van der Waals surface area contributed by atoms with Gasteiger partial charge in [0.15, 0.2) is 0 Å². The third-order valence-electron chi connectivity index (χ3n) is 2.25. The second-order valence-corrected chi connectivity index (χ2v) is 4.49. The number of piperidine rings is 1. The van der Waals surface area contributed by atoms with Gasteiger partial charge in [-0.3, -0.25) is 4.79 Å². The Morgan fingerprint density at radius 2 is 1.93 bits per heavy atom. The van der Waals surface area contributed by atoms with Gasteiger partial charge in [0.05, 0.1) is 5.75 Å². The standard InChI is InChI=1S/C8H13F3N2OS/c9-8(10,11)15-5-7(14)13-3-1-6(12)2-4-13/h6H,1-5,12H2. The van der Waals surface area contributed by atoms with Crippen LogP contribution in [0.4, 0.5) is 13.2 Å². The van der Waals surface area contributed by atoms with Crippen molar-refractivity contribution < 1.29 is 18.0 Å². The second-order valence-electron chi connectivity index (χ2n) is 3.45. The van der Waals surface area contributed by atoms with Crippen molar-refractivity contribution in [2.75, 3.05) is 18.8 Å². The Labute approximate surface area is 90.2 Å². The minimum absolute atomic E-state index is 0.0734. The van der Waals surface area contributed by atoms with E-state index in [9.17, 15) is 18.0 Å². The minimum atomic E-state index is -4.33. The maximum Gasteiger partial charge on any atom is 0.442 e. The molecule has 0 spiro atoms. The molecule has 0 atom stereocenters. The fourth-order valence-corrected chi connectivity index (χ4v) is 1.85. The normalized spacial score (nSPS) is 19.3. The van der Waals surface area contributed by atoms with Crippen molar-refractivity contribution >= 4 is 17.7 Å². The fraction of sp³-hybridized carbons (Fsp3) is 0.875. The molecule has 0 saturated carbocycles. The van der Waals surface area contributed by atoms with Crippen LogP contribution in [0.25, 0.3) is 0 Å². The Morgan fingerprint density at radius 1 is 1.40 bits per heavy atom. The van der Waals surface area contributed by atoms with Crippen LogP contribution >= 0.6 is 11.8 Å². The van der Waals surface area contributed by atoms with Gasteiger partial charge < -0.3 is 10.6 Å². The van der Waals surface area contributed by atoms with Gasteiger partial charge >= 0.3 is 5.51 Å². The number of halogens is 3. The third kappa shape index (κ3) is 4.74. The van der Waals surface area contributed by atoms with E-state index in [1.807, 2.05) is 0 Å². The first kappa shape index (κ1) is 12.6. The first-order valence-corrected chi connectivity index (χ1v) is 5.61. The molecule has 0 aromatic rings. The molecule has 1 fully saturated rings. The first-order valence-electron chi connectivity index (χ1n) is 4.62. The van der Waals surface area contributed by atoms with Gasteiger partial charge in [0, 0.05) is 19.1 Å². The summed E-state index contributed by atoms with van der Waals surface area (Å²) >= 11 is -0.286. The maximum atomic E-state index is 11.8. The summed E-state index contributed by atoms with van der Waals surface area (Å²) in [6.07, 6.45) is 1.34. The van der Waals surface area contributed by atoms with Crippen LogP contribution in [0, 0.1) is 0 Å². The summed E-state index contributed by atoms with van der Waals surface area (Å²) in [5.41, 5.74) is 1.29. The van der Waals surface area contributed by atoms with Crippen LogP contribution in [0.15, 0.2) is 0 Å². The molecule has 0 aromatic heterocycles. The molecule has 15 heavy (non-hydrogen) atoms. The Balaban J connectivity index is 2.29. The highest BCUT2D eigenvalue weighted by Gasteiger charge is 2.31. The average molecular weight is 242 g/mol. The summed E-state index contributed by atoms with van der Waals surface area (Å²) in [6, 6.07) is 0.0734. The topological polar surface area (TPSA) is 46.3 Å². The molecule has 1 aliphatic heterocycles. The van der Waals surface area contributed by atoms with Gasteiger partial charge in [0.2, 0.25) is 5.91 Å². The van der Waals surface area contributed by atoms with E-state index in [1.54, 1.807) is 0 Å². The molecule has 7 heteroatoms. The third-order valence-corrected chi connectivity index (χ3v) is 2.97. The molecular formula is C8H13F3N2OS. The van der Waals surface area contributed by atoms with Gasteiger partial charge in [-0.2, -0.15) is 13.2 Å². The van der Waals surface area contributed by atoms with Crippen LogP contribution in [0.1, 0.15) is 12.8 Å². The number of rotatable bonds is 2. The van der Waals surface area contributed by atoms with E-state index in [4.69, 9.17) is 5.73 Å². The zero-order chi connectivity index (χ0) is 11.5. The number of likely N-dealkylation sites (tertiary alicyclic amines) is 1. The second kappa shape index (κ2) is 5.07. The van der Waals surface area contributed by atoms with Crippen LogP contribution in [-0.2, 0) is 4.79 Å². The number of nitrogens with two attached hydrogens (primary N) is 1. The largest absolute Gasteiger partial charge is 0.442 e. The molecule has 88 valence electrons. The first-order chi connectivity index (χ1) is 6.88. The zero-order valence-electron chi connectivity index (χ0n) is 8.09. The van der Waals surface area contributed by atoms with Crippen LogP contribution in [0.3, 0.4) is 0 Å². The predicted molar refractivity (Wildman–Crippen MR) is 52.3 cm³/mol. The van der Waals surface area contributed by atoms with E-state index in [1.165, 1.54) is 4.90 Å². The lowest BCUT2D eigenvalue weighted by molar-refractivity contribution is -0.129. The summed E-state index contributed by atoms with van der Waals surface area (Å²) in [5, 5.41) is 0. The van der Waals surface area contributed by atoms with Gasteiger partial charge in [0.1, 0.15) is 0 Å². The van der Waals surface area contributed by atoms with Crippen molar-refractivity contribution in [2.24, 2.45) is 5.73 Å². The Hall–Kier alpha value is -0.430. The van der Waals surface area contributed by atoms with Gasteiger partial charge in [-0.1, -0.05) is 0 Å².